The van der Waals surface area contributed by atoms with Gasteiger partial charge in [-0.1, -0.05) is 12.1 Å². The molecule has 0 saturated heterocycles. The number of thiophene rings is 2. The molecular formula is C20H20O6S2. The number of rotatable bonds is 10. The van der Waals surface area contributed by atoms with Gasteiger partial charge in [-0.25, -0.2) is 0 Å². The maximum atomic E-state index is 11.9. The zero-order chi connectivity index (χ0) is 19.9. The molecule has 28 heavy (non-hydrogen) atoms. The highest BCUT2D eigenvalue weighted by Gasteiger charge is 2.35. The number of ether oxygens (including phenoxy) is 2. The van der Waals surface area contributed by atoms with Crippen molar-refractivity contribution >= 4 is 46.2 Å². The standard InChI is InChI=1S/C20H20O6S2/c21-15(17-3-1-9-27-17)5-7-19(23)25-13-11-14(12-13)26-20(24)8-6-16(22)18-4-2-10-28-18/h1-4,9-10,13-14H,5-8,11-12H2. The Morgan fingerprint density at radius 3 is 1.54 bits per heavy atom. The first-order valence-corrected chi connectivity index (χ1v) is 10.8. The first-order valence-electron chi connectivity index (χ1n) is 9.03. The fourth-order valence-corrected chi connectivity index (χ4v) is 4.14. The van der Waals surface area contributed by atoms with Gasteiger partial charge in [0.1, 0.15) is 12.2 Å². The molecule has 3 rings (SSSR count). The van der Waals surface area contributed by atoms with Crippen LogP contribution in [0.2, 0.25) is 0 Å². The molecule has 1 aliphatic rings. The molecule has 0 atom stereocenters. The second kappa shape index (κ2) is 9.75. The molecule has 0 aliphatic heterocycles. The van der Waals surface area contributed by atoms with Crippen molar-refractivity contribution in [2.24, 2.45) is 0 Å². The molecule has 1 fully saturated rings. The van der Waals surface area contributed by atoms with Crippen LogP contribution < -0.4 is 0 Å². The van der Waals surface area contributed by atoms with Gasteiger partial charge in [0, 0.05) is 25.7 Å². The van der Waals surface area contributed by atoms with Gasteiger partial charge in [-0.2, -0.15) is 0 Å². The van der Waals surface area contributed by atoms with Crippen molar-refractivity contribution in [1.29, 1.82) is 0 Å². The Morgan fingerprint density at radius 1 is 0.750 bits per heavy atom. The summed E-state index contributed by atoms with van der Waals surface area (Å²) in [6.07, 6.45) is 0.686. The second-order valence-corrected chi connectivity index (χ2v) is 8.39. The highest BCUT2D eigenvalue weighted by molar-refractivity contribution is 7.12. The van der Waals surface area contributed by atoms with Gasteiger partial charge >= 0.3 is 11.9 Å². The third-order valence-corrected chi connectivity index (χ3v) is 6.17. The van der Waals surface area contributed by atoms with Gasteiger partial charge in [0.15, 0.2) is 11.6 Å². The monoisotopic (exact) mass is 420 g/mol. The lowest BCUT2D eigenvalue weighted by Gasteiger charge is -2.33. The molecule has 0 radical (unpaired) electrons. The predicted molar refractivity (Wildman–Crippen MR) is 105 cm³/mol. The van der Waals surface area contributed by atoms with E-state index in [0.717, 1.165) is 0 Å². The highest BCUT2D eigenvalue weighted by atomic mass is 32.1. The molecule has 2 aromatic heterocycles. The minimum Gasteiger partial charge on any atom is -0.462 e. The molecular weight excluding hydrogens is 400 g/mol. The van der Waals surface area contributed by atoms with Crippen LogP contribution in [0.15, 0.2) is 35.0 Å². The van der Waals surface area contributed by atoms with E-state index in [9.17, 15) is 19.2 Å². The minimum atomic E-state index is -0.416. The molecule has 0 aromatic carbocycles. The van der Waals surface area contributed by atoms with Gasteiger partial charge in [-0.15, -0.1) is 22.7 Å². The van der Waals surface area contributed by atoms with Crippen molar-refractivity contribution in [1.82, 2.24) is 0 Å². The first kappa shape index (κ1) is 20.4. The van der Waals surface area contributed by atoms with E-state index in [4.69, 9.17) is 9.47 Å². The van der Waals surface area contributed by atoms with Crippen molar-refractivity contribution < 1.29 is 28.7 Å². The van der Waals surface area contributed by atoms with Gasteiger partial charge in [0.2, 0.25) is 0 Å². The lowest BCUT2D eigenvalue weighted by atomic mass is 9.92. The highest BCUT2D eigenvalue weighted by Crippen LogP contribution is 2.27. The van der Waals surface area contributed by atoms with E-state index in [-0.39, 0.29) is 49.5 Å². The number of ketones is 2. The van der Waals surface area contributed by atoms with E-state index in [0.29, 0.717) is 22.6 Å². The molecule has 6 nitrogen and oxygen atoms in total. The normalized spacial score (nSPS) is 18.1. The van der Waals surface area contributed by atoms with E-state index in [1.165, 1.54) is 22.7 Å². The number of carbonyl (C=O) groups is 4. The third kappa shape index (κ3) is 5.84. The van der Waals surface area contributed by atoms with Crippen LogP contribution in [0.4, 0.5) is 0 Å². The fourth-order valence-electron chi connectivity index (χ4n) is 2.75. The fraction of sp³-hybridized carbons (Fsp3) is 0.400. The van der Waals surface area contributed by atoms with Crippen molar-refractivity contribution in [3.63, 3.8) is 0 Å². The molecule has 148 valence electrons. The summed E-state index contributed by atoms with van der Waals surface area (Å²) >= 11 is 2.70. The molecule has 1 aliphatic carbocycles. The zero-order valence-electron chi connectivity index (χ0n) is 15.1. The Morgan fingerprint density at radius 2 is 1.18 bits per heavy atom. The van der Waals surface area contributed by atoms with E-state index >= 15 is 0 Å². The number of hydrogen-bond acceptors (Lipinski definition) is 8. The summed E-state index contributed by atoms with van der Waals surface area (Å²) in [6, 6.07) is 7.06. The van der Waals surface area contributed by atoms with Gasteiger partial charge in [0.25, 0.3) is 0 Å². The molecule has 8 heteroatoms. The lowest BCUT2D eigenvalue weighted by molar-refractivity contribution is -0.170. The number of hydrogen-bond donors (Lipinski definition) is 0. The summed E-state index contributed by atoms with van der Waals surface area (Å²) in [6.45, 7) is 0. The Kier molecular flexibility index (Phi) is 7.11. The average molecular weight is 421 g/mol. The van der Waals surface area contributed by atoms with Gasteiger partial charge < -0.3 is 9.47 Å². The smallest absolute Gasteiger partial charge is 0.306 e. The van der Waals surface area contributed by atoms with Crippen LogP contribution in [-0.4, -0.2) is 35.7 Å². The minimum absolute atomic E-state index is 0.0442. The van der Waals surface area contributed by atoms with Crippen LogP contribution in [0.1, 0.15) is 57.9 Å². The molecule has 0 N–H and O–H groups in total. The van der Waals surface area contributed by atoms with Gasteiger partial charge in [0.05, 0.1) is 22.6 Å². The van der Waals surface area contributed by atoms with E-state index in [2.05, 4.69) is 0 Å². The number of esters is 2. The molecule has 2 aromatic rings. The van der Waals surface area contributed by atoms with Crippen LogP contribution in [0, 0.1) is 0 Å². The maximum Gasteiger partial charge on any atom is 0.306 e. The van der Waals surface area contributed by atoms with Crippen LogP contribution in [0.5, 0.6) is 0 Å². The topological polar surface area (TPSA) is 86.7 Å². The zero-order valence-corrected chi connectivity index (χ0v) is 16.8. The van der Waals surface area contributed by atoms with Crippen LogP contribution >= 0.6 is 22.7 Å². The average Bonchev–Trinajstić information content (AvgIpc) is 3.36. The molecule has 0 amide bonds. The summed E-state index contributed by atoms with van der Waals surface area (Å²) < 4.78 is 10.6. The summed E-state index contributed by atoms with van der Waals surface area (Å²) in [7, 11) is 0. The molecule has 0 unspecified atom stereocenters. The largest absolute Gasteiger partial charge is 0.462 e. The van der Waals surface area contributed by atoms with Gasteiger partial charge in [-0.05, 0) is 22.9 Å². The summed E-state index contributed by atoms with van der Waals surface area (Å²) in [4.78, 5) is 48.6. The van der Waals surface area contributed by atoms with E-state index in [1.807, 2.05) is 10.8 Å². The maximum absolute atomic E-state index is 11.9. The molecule has 0 spiro atoms. The summed E-state index contributed by atoms with van der Waals surface area (Å²) in [5.41, 5.74) is 0. The predicted octanol–water partition coefficient (Wildman–Crippen LogP) is 4.05. The quantitative estimate of drug-likeness (QED) is 0.426. The third-order valence-electron chi connectivity index (χ3n) is 4.35. The van der Waals surface area contributed by atoms with Crippen LogP contribution in [0.3, 0.4) is 0 Å². The van der Waals surface area contributed by atoms with E-state index in [1.54, 1.807) is 24.3 Å². The first-order chi connectivity index (χ1) is 13.5. The van der Waals surface area contributed by atoms with E-state index < -0.39 is 11.9 Å². The second-order valence-electron chi connectivity index (χ2n) is 6.50. The number of carbonyl (C=O) groups excluding carboxylic acids is 4. The Bertz CT molecular complexity index is 751. The van der Waals surface area contributed by atoms with Crippen molar-refractivity contribution in [3.05, 3.63) is 44.8 Å². The van der Waals surface area contributed by atoms with Crippen LogP contribution in [0.25, 0.3) is 0 Å². The molecule has 1 saturated carbocycles. The van der Waals surface area contributed by atoms with Crippen LogP contribution in [-0.2, 0) is 19.1 Å². The molecule has 0 bridgehead atoms. The summed E-state index contributed by atoms with van der Waals surface area (Å²) in [5, 5.41) is 3.64. The SMILES string of the molecule is O=C(CCC(=O)c1cccs1)OC1CC(OC(=O)CCC(=O)c2cccs2)C1. The summed E-state index contributed by atoms with van der Waals surface area (Å²) in [5.74, 6) is -0.962. The van der Waals surface area contributed by atoms with Crippen molar-refractivity contribution in [2.45, 2.75) is 50.7 Å². The Labute approximate surface area is 170 Å². The Hall–Kier alpha value is -2.32. The van der Waals surface area contributed by atoms with Crippen molar-refractivity contribution in [2.75, 3.05) is 0 Å². The number of Topliss-reactive ketones (excluding diaryl/α,β-unsaturated/α-hetero) is 2. The Balaban J connectivity index is 1.27. The lowest BCUT2D eigenvalue weighted by Crippen LogP contribution is -2.40. The molecule has 2 heterocycles. The van der Waals surface area contributed by atoms with Crippen molar-refractivity contribution in [3.8, 4) is 0 Å². The van der Waals surface area contributed by atoms with Gasteiger partial charge in [-0.3, -0.25) is 19.2 Å².